The van der Waals surface area contributed by atoms with Crippen molar-refractivity contribution < 1.29 is 24.0 Å². The van der Waals surface area contributed by atoms with Crippen LogP contribution in [0.2, 0.25) is 0 Å². The fourth-order valence-corrected chi connectivity index (χ4v) is 4.25. The lowest BCUT2D eigenvalue weighted by Crippen LogP contribution is -2.36. The number of ether oxygens (including phenoxy) is 1. The van der Waals surface area contributed by atoms with Gasteiger partial charge in [-0.25, -0.2) is 0 Å². The number of imide groups is 1. The number of anilines is 1. The fourth-order valence-electron chi connectivity index (χ4n) is 3.43. The van der Waals surface area contributed by atoms with E-state index in [9.17, 15) is 24.5 Å². The molecule has 1 aliphatic heterocycles. The fraction of sp³-hybridized carbons (Fsp3) is 0.227. The third-order valence-corrected chi connectivity index (χ3v) is 5.73. The maximum atomic E-state index is 12.8. The predicted molar refractivity (Wildman–Crippen MR) is 122 cm³/mol. The first-order chi connectivity index (χ1) is 15.1. The molecule has 0 spiro atoms. The number of amides is 3. The van der Waals surface area contributed by atoms with Crippen molar-refractivity contribution in [1.29, 1.82) is 0 Å². The minimum atomic E-state index is -0.652. The minimum Gasteiger partial charge on any atom is -0.496 e. The molecule has 32 heavy (non-hydrogen) atoms. The van der Waals surface area contributed by atoms with Gasteiger partial charge in [-0.3, -0.25) is 29.4 Å². The Labute approximate surface area is 188 Å². The number of methoxy groups -OCH3 is 1. The Morgan fingerprint density at radius 1 is 1.19 bits per heavy atom. The standard InChI is InChI=1S/C22H21N3O6S/c1-12-7-13(2)20(14(3)8-12)23-19(26)11-24-21(27)18(32-22(24)28)10-15-9-16(25(29)30)5-6-17(15)31-4/h5-10H,11H2,1-4H3,(H,23,26)/b18-10+. The van der Waals surface area contributed by atoms with E-state index in [1.165, 1.54) is 31.4 Å². The topological polar surface area (TPSA) is 119 Å². The number of rotatable bonds is 6. The lowest BCUT2D eigenvalue weighted by Gasteiger charge is -2.16. The number of thioether (sulfide) groups is 1. The van der Waals surface area contributed by atoms with Gasteiger partial charge >= 0.3 is 0 Å². The summed E-state index contributed by atoms with van der Waals surface area (Å²) in [5.41, 5.74) is 3.56. The van der Waals surface area contributed by atoms with E-state index in [1.54, 1.807) is 0 Å². The lowest BCUT2D eigenvalue weighted by atomic mass is 10.1. The third kappa shape index (κ3) is 4.80. The van der Waals surface area contributed by atoms with Crippen LogP contribution >= 0.6 is 11.8 Å². The number of hydrogen-bond donors (Lipinski definition) is 1. The van der Waals surface area contributed by atoms with Gasteiger partial charge in [0, 0.05) is 23.4 Å². The molecule has 3 rings (SSSR count). The van der Waals surface area contributed by atoms with Crippen LogP contribution in [0.15, 0.2) is 35.2 Å². The molecule has 1 aliphatic rings. The number of nitro benzene ring substituents is 1. The number of hydrogen-bond acceptors (Lipinski definition) is 7. The van der Waals surface area contributed by atoms with Crippen LogP contribution in [0.4, 0.5) is 16.2 Å². The smallest absolute Gasteiger partial charge is 0.294 e. The minimum absolute atomic E-state index is 0.0456. The van der Waals surface area contributed by atoms with Gasteiger partial charge in [-0.2, -0.15) is 0 Å². The van der Waals surface area contributed by atoms with E-state index in [-0.39, 0.29) is 16.2 Å². The molecule has 1 N–H and O–H groups in total. The van der Waals surface area contributed by atoms with Crippen molar-refractivity contribution in [1.82, 2.24) is 4.90 Å². The summed E-state index contributed by atoms with van der Waals surface area (Å²) in [6, 6.07) is 7.80. The molecule has 166 valence electrons. The number of benzene rings is 2. The van der Waals surface area contributed by atoms with E-state index in [2.05, 4.69) is 5.32 Å². The van der Waals surface area contributed by atoms with Crippen LogP contribution in [0.5, 0.6) is 5.75 Å². The van der Waals surface area contributed by atoms with Crippen molar-refractivity contribution in [2.75, 3.05) is 19.0 Å². The predicted octanol–water partition coefficient (Wildman–Crippen LogP) is 4.20. The van der Waals surface area contributed by atoms with Crippen molar-refractivity contribution >= 4 is 46.3 Å². The zero-order valence-electron chi connectivity index (χ0n) is 17.9. The zero-order valence-corrected chi connectivity index (χ0v) is 18.7. The monoisotopic (exact) mass is 455 g/mol. The second kappa shape index (κ2) is 9.23. The van der Waals surface area contributed by atoms with Crippen LogP contribution in [0.25, 0.3) is 6.08 Å². The third-order valence-electron chi connectivity index (χ3n) is 4.83. The number of carbonyl (C=O) groups excluding carboxylic acids is 3. The Hall–Kier alpha value is -3.66. The Kier molecular flexibility index (Phi) is 6.64. The van der Waals surface area contributed by atoms with Crippen LogP contribution in [-0.2, 0) is 9.59 Å². The molecule has 0 aromatic heterocycles. The van der Waals surface area contributed by atoms with E-state index < -0.39 is 28.5 Å². The first-order valence-electron chi connectivity index (χ1n) is 9.56. The Balaban J connectivity index is 1.80. The molecule has 1 saturated heterocycles. The molecule has 0 atom stereocenters. The summed E-state index contributed by atoms with van der Waals surface area (Å²) in [5, 5.41) is 13.2. The van der Waals surface area contributed by atoms with E-state index in [1.807, 2.05) is 32.9 Å². The van der Waals surface area contributed by atoms with Crippen molar-refractivity contribution in [3.8, 4) is 5.75 Å². The highest BCUT2D eigenvalue weighted by Gasteiger charge is 2.36. The molecule has 0 unspecified atom stereocenters. The van der Waals surface area contributed by atoms with Crippen LogP contribution in [0.1, 0.15) is 22.3 Å². The van der Waals surface area contributed by atoms with E-state index >= 15 is 0 Å². The number of nitro groups is 1. The molecule has 2 aromatic carbocycles. The summed E-state index contributed by atoms with van der Waals surface area (Å²) in [5.74, 6) is -0.844. The van der Waals surface area contributed by atoms with Gasteiger partial charge in [0.15, 0.2) is 0 Å². The van der Waals surface area contributed by atoms with Crippen molar-refractivity contribution in [2.24, 2.45) is 0 Å². The summed E-state index contributed by atoms with van der Waals surface area (Å²) >= 11 is 0.660. The maximum Gasteiger partial charge on any atom is 0.294 e. The van der Waals surface area contributed by atoms with Gasteiger partial charge in [-0.1, -0.05) is 17.7 Å². The van der Waals surface area contributed by atoms with Gasteiger partial charge in [-0.05, 0) is 55.8 Å². The number of carbonyl (C=O) groups is 3. The molecule has 0 radical (unpaired) electrons. The van der Waals surface area contributed by atoms with Crippen LogP contribution < -0.4 is 10.1 Å². The molecule has 1 heterocycles. The van der Waals surface area contributed by atoms with Crippen LogP contribution in [0, 0.1) is 30.9 Å². The quantitative estimate of drug-likeness (QED) is 0.394. The van der Waals surface area contributed by atoms with Crippen LogP contribution in [0.3, 0.4) is 0 Å². The van der Waals surface area contributed by atoms with Gasteiger partial charge < -0.3 is 10.1 Å². The van der Waals surface area contributed by atoms with E-state index in [0.29, 0.717) is 23.2 Å². The normalized spacial score (nSPS) is 14.8. The second-order valence-corrected chi connectivity index (χ2v) is 8.27. The van der Waals surface area contributed by atoms with Gasteiger partial charge in [0.1, 0.15) is 12.3 Å². The summed E-state index contributed by atoms with van der Waals surface area (Å²) < 4.78 is 5.19. The molecule has 0 saturated carbocycles. The number of aryl methyl sites for hydroxylation is 3. The first-order valence-corrected chi connectivity index (χ1v) is 10.4. The highest BCUT2D eigenvalue weighted by Crippen LogP contribution is 2.35. The van der Waals surface area contributed by atoms with Crippen molar-refractivity contribution in [2.45, 2.75) is 20.8 Å². The summed E-state index contributed by atoms with van der Waals surface area (Å²) in [6.07, 6.45) is 1.35. The summed E-state index contributed by atoms with van der Waals surface area (Å²) in [6.45, 7) is 5.24. The number of nitrogens with one attached hydrogen (secondary N) is 1. The zero-order chi connectivity index (χ0) is 23.6. The Bertz CT molecular complexity index is 1150. The molecule has 10 heteroatoms. The number of non-ortho nitro benzene ring substituents is 1. The maximum absolute atomic E-state index is 12.8. The SMILES string of the molecule is COc1ccc([N+](=O)[O-])cc1/C=C1/SC(=O)N(CC(=O)Nc2c(C)cc(C)cc2C)C1=O. The molecule has 9 nitrogen and oxygen atoms in total. The summed E-state index contributed by atoms with van der Waals surface area (Å²) in [7, 11) is 1.39. The molecular formula is C22H21N3O6S. The van der Waals surface area contributed by atoms with E-state index in [0.717, 1.165) is 21.6 Å². The lowest BCUT2D eigenvalue weighted by molar-refractivity contribution is -0.384. The van der Waals surface area contributed by atoms with Gasteiger partial charge in [-0.15, -0.1) is 0 Å². The van der Waals surface area contributed by atoms with E-state index in [4.69, 9.17) is 4.74 Å². The molecule has 0 bridgehead atoms. The first kappa shape index (κ1) is 23.0. The highest BCUT2D eigenvalue weighted by molar-refractivity contribution is 8.18. The van der Waals surface area contributed by atoms with Gasteiger partial charge in [0.05, 0.1) is 16.9 Å². The van der Waals surface area contributed by atoms with Crippen molar-refractivity contribution in [3.63, 3.8) is 0 Å². The van der Waals surface area contributed by atoms with Gasteiger partial charge in [0.2, 0.25) is 5.91 Å². The second-order valence-electron chi connectivity index (χ2n) is 7.27. The largest absolute Gasteiger partial charge is 0.496 e. The molecule has 3 amide bonds. The van der Waals surface area contributed by atoms with Crippen LogP contribution in [-0.4, -0.2) is 40.5 Å². The highest BCUT2D eigenvalue weighted by atomic mass is 32.2. The average Bonchev–Trinajstić information content (AvgIpc) is 2.98. The van der Waals surface area contributed by atoms with Crippen molar-refractivity contribution in [3.05, 3.63) is 67.6 Å². The molecule has 0 aliphatic carbocycles. The Morgan fingerprint density at radius 2 is 1.84 bits per heavy atom. The average molecular weight is 455 g/mol. The Morgan fingerprint density at radius 3 is 2.44 bits per heavy atom. The summed E-state index contributed by atoms with van der Waals surface area (Å²) in [4.78, 5) is 49.1. The van der Waals surface area contributed by atoms with Gasteiger partial charge in [0.25, 0.3) is 16.8 Å². The molecular weight excluding hydrogens is 434 g/mol. The molecule has 1 fully saturated rings. The number of nitrogens with zero attached hydrogens (tertiary/aromatic N) is 2. The molecule has 2 aromatic rings.